The summed E-state index contributed by atoms with van der Waals surface area (Å²) in [6, 6.07) is 7.82. The van der Waals surface area contributed by atoms with E-state index in [0.29, 0.717) is 6.54 Å². The number of aliphatic hydroxyl groups is 1. The van der Waals surface area contributed by atoms with Crippen molar-refractivity contribution in [2.45, 2.75) is 44.1 Å². The molecule has 0 atom stereocenters. The number of rotatable bonds is 3. The number of nitrogens with one attached hydrogen (secondary N) is 1. The molecule has 1 aliphatic rings. The molecule has 1 aliphatic carbocycles. The monoisotopic (exact) mass is 271 g/mol. The molecule has 0 radical (unpaired) electrons. The van der Waals surface area contributed by atoms with Gasteiger partial charge in [0.1, 0.15) is 5.82 Å². The van der Waals surface area contributed by atoms with E-state index in [2.05, 4.69) is 15.3 Å². The zero-order chi connectivity index (χ0) is 13.8. The molecule has 3 rings (SSSR count). The van der Waals surface area contributed by atoms with Crippen LogP contribution in [-0.4, -0.2) is 27.2 Å². The quantitative estimate of drug-likeness (QED) is 0.842. The van der Waals surface area contributed by atoms with Gasteiger partial charge in [-0.3, -0.25) is 4.98 Å². The Kier molecular flexibility index (Phi) is 3.83. The fourth-order valence-corrected chi connectivity index (χ4v) is 2.86. The maximum atomic E-state index is 10.6. The van der Waals surface area contributed by atoms with Gasteiger partial charge in [0.25, 0.3) is 0 Å². The minimum absolute atomic E-state index is 0.556. The molecule has 20 heavy (non-hydrogen) atoms. The Hall–Kier alpha value is -1.68. The van der Waals surface area contributed by atoms with E-state index in [1.165, 1.54) is 12.8 Å². The Labute approximate surface area is 119 Å². The molecule has 1 fully saturated rings. The van der Waals surface area contributed by atoms with Gasteiger partial charge in [0.2, 0.25) is 0 Å². The molecular formula is C16H21N3O. The Bertz CT molecular complexity index is 577. The highest BCUT2D eigenvalue weighted by atomic mass is 16.3. The maximum absolute atomic E-state index is 10.6. The number of para-hydroxylation sites is 2. The van der Waals surface area contributed by atoms with E-state index in [-0.39, 0.29) is 0 Å². The van der Waals surface area contributed by atoms with Crippen molar-refractivity contribution in [3.63, 3.8) is 0 Å². The van der Waals surface area contributed by atoms with Crippen molar-refractivity contribution >= 4 is 16.9 Å². The van der Waals surface area contributed by atoms with E-state index in [1.54, 1.807) is 6.20 Å². The molecule has 1 aromatic heterocycles. The van der Waals surface area contributed by atoms with Gasteiger partial charge in [0.15, 0.2) is 0 Å². The smallest absolute Gasteiger partial charge is 0.145 e. The number of benzene rings is 1. The van der Waals surface area contributed by atoms with Gasteiger partial charge in [-0.1, -0.05) is 37.8 Å². The Balaban J connectivity index is 1.69. The molecular weight excluding hydrogens is 250 g/mol. The summed E-state index contributed by atoms with van der Waals surface area (Å²) in [7, 11) is 0. The minimum atomic E-state index is -0.593. The highest BCUT2D eigenvalue weighted by Gasteiger charge is 2.27. The molecule has 1 aromatic carbocycles. The van der Waals surface area contributed by atoms with Crippen LogP contribution in [0, 0.1) is 0 Å². The fourth-order valence-electron chi connectivity index (χ4n) is 2.86. The lowest BCUT2D eigenvalue weighted by Gasteiger charge is -2.27. The number of fused-ring (bicyclic) bond motifs is 1. The lowest BCUT2D eigenvalue weighted by Crippen LogP contribution is -2.36. The van der Waals surface area contributed by atoms with Crippen LogP contribution in [0.15, 0.2) is 30.5 Å². The molecule has 0 amide bonds. The molecule has 0 bridgehead atoms. The summed E-state index contributed by atoms with van der Waals surface area (Å²) in [4.78, 5) is 8.91. The molecule has 106 valence electrons. The Morgan fingerprint density at radius 1 is 1.05 bits per heavy atom. The van der Waals surface area contributed by atoms with Crippen molar-refractivity contribution in [3.8, 4) is 0 Å². The van der Waals surface area contributed by atoms with Gasteiger partial charge >= 0.3 is 0 Å². The number of aromatic nitrogens is 2. The van der Waals surface area contributed by atoms with Crippen LogP contribution < -0.4 is 5.32 Å². The van der Waals surface area contributed by atoms with Crippen LogP contribution in [0.4, 0.5) is 5.82 Å². The summed E-state index contributed by atoms with van der Waals surface area (Å²) in [6.45, 7) is 0.556. The van der Waals surface area contributed by atoms with Gasteiger partial charge in [-0.2, -0.15) is 0 Å². The van der Waals surface area contributed by atoms with Crippen LogP contribution >= 0.6 is 0 Å². The van der Waals surface area contributed by atoms with E-state index in [1.807, 2.05) is 24.3 Å². The standard InChI is InChI=1S/C16H21N3O/c20-16(9-5-1-2-6-10-16)12-18-15-11-17-13-7-3-4-8-14(13)19-15/h3-4,7-8,11,20H,1-2,5-6,9-10,12H2,(H,18,19). The summed E-state index contributed by atoms with van der Waals surface area (Å²) in [5.74, 6) is 0.737. The van der Waals surface area contributed by atoms with Crippen LogP contribution in [-0.2, 0) is 0 Å². The van der Waals surface area contributed by atoms with Gasteiger partial charge in [0, 0.05) is 6.54 Å². The third kappa shape index (κ3) is 3.07. The first-order chi connectivity index (χ1) is 9.75. The van der Waals surface area contributed by atoms with E-state index < -0.39 is 5.60 Å². The predicted octanol–water partition coefficient (Wildman–Crippen LogP) is 3.13. The summed E-state index contributed by atoms with van der Waals surface area (Å²) in [5, 5.41) is 13.9. The highest BCUT2D eigenvalue weighted by molar-refractivity contribution is 5.75. The largest absolute Gasteiger partial charge is 0.388 e. The first-order valence-electron chi connectivity index (χ1n) is 7.43. The van der Waals surface area contributed by atoms with Gasteiger partial charge < -0.3 is 10.4 Å². The zero-order valence-electron chi connectivity index (χ0n) is 11.7. The average Bonchev–Trinajstić information content (AvgIpc) is 2.70. The molecule has 2 N–H and O–H groups in total. The number of anilines is 1. The van der Waals surface area contributed by atoms with Crippen LogP contribution in [0.2, 0.25) is 0 Å². The maximum Gasteiger partial charge on any atom is 0.145 e. The van der Waals surface area contributed by atoms with Crippen molar-refractivity contribution in [2.24, 2.45) is 0 Å². The predicted molar refractivity (Wildman–Crippen MR) is 80.7 cm³/mol. The molecule has 0 spiro atoms. The topological polar surface area (TPSA) is 58.0 Å². The van der Waals surface area contributed by atoms with E-state index in [9.17, 15) is 5.11 Å². The molecule has 1 heterocycles. The van der Waals surface area contributed by atoms with Crippen molar-refractivity contribution in [1.29, 1.82) is 0 Å². The van der Waals surface area contributed by atoms with Crippen LogP contribution in [0.1, 0.15) is 38.5 Å². The second-order valence-electron chi connectivity index (χ2n) is 5.74. The number of hydrogen-bond donors (Lipinski definition) is 2. The lowest BCUT2D eigenvalue weighted by molar-refractivity contribution is 0.0380. The van der Waals surface area contributed by atoms with Crippen LogP contribution in [0.5, 0.6) is 0 Å². The average molecular weight is 271 g/mol. The van der Waals surface area contributed by atoms with E-state index in [4.69, 9.17) is 0 Å². The first-order valence-corrected chi connectivity index (χ1v) is 7.43. The summed E-state index contributed by atoms with van der Waals surface area (Å²) in [6.07, 6.45) is 8.18. The lowest BCUT2D eigenvalue weighted by atomic mass is 9.94. The molecule has 0 aliphatic heterocycles. The van der Waals surface area contributed by atoms with Crippen LogP contribution in [0.3, 0.4) is 0 Å². The Morgan fingerprint density at radius 2 is 1.75 bits per heavy atom. The van der Waals surface area contributed by atoms with E-state index >= 15 is 0 Å². The minimum Gasteiger partial charge on any atom is -0.388 e. The molecule has 4 nitrogen and oxygen atoms in total. The van der Waals surface area contributed by atoms with Crippen molar-refractivity contribution < 1.29 is 5.11 Å². The highest BCUT2D eigenvalue weighted by Crippen LogP contribution is 2.27. The second kappa shape index (κ2) is 5.75. The SMILES string of the molecule is OC1(CNc2cnc3ccccc3n2)CCCCCC1. The van der Waals surface area contributed by atoms with Gasteiger partial charge in [-0.05, 0) is 25.0 Å². The summed E-state index contributed by atoms with van der Waals surface area (Å²) < 4.78 is 0. The number of nitrogens with zero attached hydrogens (tertiary/aromatic N) is 2. The summed E-state index contributed by atoms with van der Waals surface area (Å²) in [5.41, 5.74) is 1.18. The van der Waals surface area contributed by atoms with Crippen molar-refractivity contribution in [2.75, 3.05) is 11.9 Å². The molecule has 1 saturated carbocycles. The fraction of sp³-hybridized carbons (Fsp3) is 0.500. The Morgan fingerprint density at radius 3 is 2.50 bits per heavy atom. The third-order valence-corrected chi connectivity index (χ3v) is 4.08. The second-order valence-corrected chi connectivity index (χ2v) is 5.74. The molecule has 2 aromatic rings. The van der Waals surface area contributed by atoms with Gasteiger partial charge in [-0.25, -0.2) is 4.98 Å². The molecule has 0 unspecified atom stereocenters. The van der Waals surface area contributed by atoms with Gasteiger partial charge in [-0.15, -0.1) is 0 Å². The molecule has 0 saturated heterocycles. The zero-order valence-corrected chi connectivity index (χ0v) is 11.7. The molecule has 4 heteroatoms. The number of hydrogen-bond acceptors (Lipinski definition) is 4. The normalized spacial score (nSPS) is 18.6. The van der Waals surface area contributed by atoms with Gasteiger partial charge in [0.05, 0.1) is 22.8 Å². The van der Waals surface area contributed by atoms with Crippen molar-refractivity contribution in [3.05, 3.63) is 30.5 Å². The first kappa shape index (κ1) is 13.3. The third-order valence-electron chi connectivity index (χ3n) is 4.08. The summed E-state index contributed by atoms with van der Waals surface area (Å²) >= 11 is 0. The van der Waals surface area contributed by atoms with E-state index in [0.717, 1.165) is 42.5 Å². The van der Waals surface area contributed by atoms with Crippen molar-refractivity contribution in [1.82, 2.24) is 9.97 Å². The van der Waals surface area contributed by atoms with Crippen LogP contribution in [0.25, 0.3) is 11.0 Å².